The predicted octanol–water partition coefficient (Wildman–Crippen LogP) is 6.73. The highest BCUT2D eigenvalue weighted by Crippen LogP contribution is 2.30. The molecule has 5 nitrogen and oxygen atoms in total. The van der Waals surface area contributed by atoms with Crippen LogP contribution in [0.15, 0.2) is 47.0 Å². The molecule has 0 atom stereocenters. The van der Waals surface area contributed by atoms with E-state index in [0.29, 0.717) is 25.4 Å². The van der Waals surface area contributed by atoms with Gasteiger partial charge >= 0.3 is 0 Å². The van der Waals surface area contributed by atoms with Gasteiger partial charge in [0.2, 0.25) is 0 Å². The molecule has 0 aliphatic carbocycles. The molecule has 1 saturated heterocycles. The Labute approximate surface area is 212 Å². The summed E-state index contributed by atoms with van der Waals surface area (Å²) in [5, 5.41) is 0. The van der Waals surface area contributed by atoms with Crippen molar-refractivity contribution < 1.29 is 19.0 Å². The number of rotatable bonds is 11. The van der Waals surface area contributed by atoms with Crippen LogP contribution in [0.3, 0.4) is 0 Å². The monoisotopic (exact) mass is 505 g/mol. The molecule has 0 bridgehead atoms. The molecule has 0 radical (unpaired) electrons. The summed E-state index contributed by atoms with van der Waals surface area (Å²) < 4.78 is 17.8. The fourth-order valence-corrected chi connectivity index (χ4v) is 4.09. The molecule has 0 N–H and O–H groups in total. The number of hydrogen-bond donors (Lipinski definition) is 0. The smallest absolute Gasteiger partial charge is 0.253 e. The maximum atomic E-state index is 12.6. The number of ether oxygens (including phenoxy) is 3. The van der Waals surface area contributed by atoms with Gasteiger partial charge in [-0.15, -0.1) is 0 Å². The van der Waals surface area contributed by atoms with E-state index in [1.54, 1.807) is 6.08 Å². The molecule has 1 aliphatic heterocycles. The van der Waals surface area contributed by atoms with Crippen LogP contribution in [0.4, 0.5) is 0 Å². The van der Waals surface area contributed by atoms with Gasteiger partial charge in [0.1, 0.15) is 28.3 Å². The van der Waals surface area contributed by atoms with Crippen molar-refractivity contribution in [2.45, 2.75) is 46.0 Å². The predicted molar refractivity (Wildman–Crippen MR) is 138 cm³/mol. The number of carbonyl (C=O) groups is 1. The van der Waals surface area contributed by atoms with Gasteiger partial charge in [-0.2, -0.15) is 0 Å². The Morgan fingerprint density at radius 1 is 0.971 bits per heavy atom. The lowest BCUT2D eigenvalue weighted by atomic mass is 10.1. The van der Waals surface area contributed by atoms with Crippen molar-refractivity contribution in [3.05, 3.63) is 63.7 Å². The molecular formula is C27H33Cl2NO4. The standard InChI is InChI=1S/C27H33Cl2NO4/c1-3-21-19-24(33-17-12-25(28)29)18-20(2)26(21)34-16-7-15-32-23-10-8-22(9-11-23)27(31)30-13-5-4-6-14-30/h8-12,18-19H,3-7,13-17H2,1-2H3. The third kappa shape index (κ3) is 7.85. The van der Waals surface area contributed by atoms with Crippen LogP contribution in [0.25, 0.3) is 0 Å². The summed E-state index contributed by atoms with van der Waals surface area (Å²) in [7, 11) is 0. The zero-order valence-electron chi connectivity index (χ0n) is 19.9. The van der Waals surface area contributed by atoms with Crippen LogP contribution in [0.2, 0.25) is 0 Å². The Bertz CT molecular complexity index is 965. The largest absolute Gasteiger partial charge is 0.493 e. The molecule has 1 fully saturated rings. The Morgan fingerprint density at radius 3 is 2.35 bits per heavy atom. The highest BCUT2D eigenvalue weighted by Gasteiger charge is 2.18. The molecule has 0 saturated carbocycles. The second kappa shape index (κ2) is 13.5. The molecule has 2 aromatic carbocycles. The third-order valence-electron chi connectivity index (χ3n) is 5.74. The Balaban J connectivity index is 1.44. The lowest BCUT2D eigenvalue weighted by Crippen LogP contribution is -2.35. The van der Waals surface area contributed by atoms with E-state index in [9.17, 15) is 4.79 Å². The van der Waals surface area contributed by atoms with Gasteiger partial charge in [0.05, 0.1) is 13.2 Å². The average molecular weight is 506 g/mol. The van der Waals surface area contributed by atoms with Gasteiger partial charge in [-0.05, 0) is 86.2 Å². The first-order valence-electron chi connectivity index (χ1n) is 11.9. The average Bonchev–Trinajstić information content (AvgIpc) is 2.85. The summed E-state index contributed by atoms with van der Waals surface area (Å²) in [6.07, 6.45) is 6.57. The van der Waals surface area contributed by atoms with E-state index in [-0.39, 0.29) is 10.4 Å². The van der Waals surface area contributed by atoms with Crippen LogP contribution >= 0.6 is 23.2 Å². The van der Waals surface area contributed by atoms with E-state index < -0.39 is 0 Å². The lowest BCUT2D eigenvalue weighted by Gasteiger charge is -2.26. The highest BCUT2D eigenvalue weighted by atomic mass is 35.5. The summed E-state index contributed by atoms with van der Waals surface area (Å²) in [6.45, 7) is 7.20. The van der Waals surface area contributed by atoms with Crippen LogP contribution in [0.1, 0.15) is 54.1 Å². The number of hydrogen-bond acceptors (Lipinski definition) is 4. The number of piperidine rings is 1. The quantitative estimate of drug-likeness (QED) is 0.317. The first kappa shape index (κ1) is 26.2. The van der Waals surface area contributed by atoms with Crippen molar-refractivity contribution >= 4 is 29.1 Å². The number of amides is 1. The first-order chi connectivity index (χ1) is 16.5. The van der Waals surface area contributed by atoms with E-state index in [4.69, 9.17) is 37.4 Å². The maximum absolute atomic E-state index is 12.6. The minimum absolute atomic E-state index is 0.109. The summed E-state index contributed by atoms with van der Waals surface area (Å²) >= 11 is 11.3. The molecule has 184 valence electrons. The van der Waals surface area contributed by atoms with E-state index in [1.165, 1.54) is 6.42 Å². The highest BCUT2D eigenvalue weighted by molar-refractivity contribution is 6.55. The Morgan fingerprint density at radius 2 is 1.68 bits per heavy atom. The van der Waals surface area contributed by atoms with Crippen LogP contribution < -0.4 is 14.2 Å². The maximum Gasteiger partial charge on any atom is 0.253 e. The summed E-state index contributed by atoms with van der Waals surface area (Å²) in [5.74, 6) is 2.52. The summed E-state index contributed by atoms with van der Waals surface area (Å²) in [5.41, 5.74) is 2.82. The van der Waals surface area contributed by atoms with Crippen LogP contribution in [-0.4, -0.2) is 43.7 Å². The second-order valence-corrected chi connectivity index (χ2v) is 9.32. The topological polar surface area (TPSA) is 48.0 Å². The normalized spacial score (nSPS) is 13.4. The molecule has 1 aliphatic rings. The van der Waals surface area contributed by atoms with E-state index in [0.717, 1.165) is 67.1 Å². The molecule has 3 rings (SSSR count). The van der Waals surface area contributed by atoms with Gasteiger partial charge in [-0.1, -0.05) is 30.1 Å². The molecule has 2 aromatic rings. The lowest BCUT2D eigenvalue weighted by molar-refractivity contribution is 0.0724. The number of aryl methyl sites for hydroxylation is 2. The molecule has 7 heteroatoms. The number of benzene rings is 2. The van der Waals surface area contributed by atoms with Crippen molar-refractivity contribution in [2.75, 3.05) is 32.9 Å². The number of carbonyl (C=O) groups excluding carboxylic acids is 1. The van der Waals surface area contributed by atoms with Gasteiger partial charge in [-0.3, -0.25) is 4.79 Å². The van der Waals surface area contributed by atoms with Gasteiger partial charge in [0, 0.05) is 25.1 Å². The van der Waals surface area contributed by atoms with Crippen LogP contribution in [0, 0.1) is 6.92 Å². The molecular weight excluding hydrogens is 473 g/mol. The van der Waals surface area contributed by atoms with Crippen molar-refractivity contribution in [3.8, 4) is 17.2 Å². The van der Waals surface area contributed by atoms with Gasteiger partial charge in [-0.25, -0.2) is 0 Å². The first-order valence-corrected chi connectivity index (χ1v) is 12.7. The minimum Gasteiger partial charge on any atom is -0.493 e. The molecule has 0 spiro atoms. The van der Waals surface area contributed by atoms with E-state index >= 15 is 0 Å². The van der Waals surface area contributed by atoms with Gasteiger partial charge < -0.3 is 19.1 Å². The van der Waals surface area contributed by atoms with Crippen molar-refractivity contribution in [2.24, 2.45) is 0 Å². The van der Waals surface area contributed by atoms with Crippen molar-refractivity contribution in [3.63, 3.8) is 0 Å². The zero-order valence-corrected chi connectivity index (χ0v) is 21.5. The molecule has 0 unspecified atom stereocenters. The van der Waals surface area contributed by atoms with Crippen molar-refractivity contribution in [1.29, 1.82) is 0 Å². The van der Waals surface area contributed by atoms with E-state index in [1.807, 2.05) is 48.2 Å². The van der Waals surface area contributed by atoms with E-state index in [2.05, 4.69) is 6.92 Å². The fraction of sp³-hybridized carbons (Fsp3) is 0.444. The number of likely N-dealkylation sites (tertiary alicyclic amines) is 1. The fourth-order valence-electron chi connectivity index (χ4n) is 3.96. The van der Waals surface area contributed by atoms with Gasteiger partial charge in [0.15, 0.2) is 0 Å². The van der Waals surface area contributed by atoms with Crippen molar-refractivity contribution in [1.82, 2.24) is 4.90 Å². The second-order valence-electron chi connectivity index (χ2n) is 8.31. The molecule has 1 heterocycles. The third-order valence-corrected chi connectivity index (χ3v) is 6.05. The molecule has 1 amide bonds. The number of nitrogens with zero attached hydrogens (tertiary/aromatic N) is 1. The molecule has 34 heavy (non-hydrogen) atoms. The summed E-state index contributed by atoms with van der Waals surface area (Å²) in [4.78, 5) is 14.5. The Hall–Kier alpha value is -2.37. The van der Waals surface area contributed by atoms with Crippen LogP contribution in [0.5, 0.6) is 17.2 Å². The zero-order chi connectivity index (χ0) is 24.3. The van der Waals surface area contributed by atoms with Gasteiger partial charge in [0.25, 0.3) is 5.91 Å². The number of halogens is 2. The molecule has 0 aromatic heterocycles. The minimum atomic E-state index is 0.109. The summed E-state index contributed by atoms with van der Waals surface area (Å²) in [6, 6.07) is 11.4. The SMILES string of the molecule is CCc1cc(OCC=C(Cl)Cl)cc(C)c1OCCCOc1ccc(C(=O)N2CCCCC2)cc1. The Kier molecular flexibility index (Phi) is 10.4. The van der Waals surface area contributed by atoms with Crippen LogP contribution in [-0.2, 0) is 6.42 Å².